The molecule has 1 saturated heterocycles. The molecule has 1 unspecified atom stereocenters. The minimum atomic E-state index is -1.35. The van der Waals surface area contributed by atoms with Crippen LogP contribution >= 0.6 is 11.8 Å². The lowest BCUT2D eigenvalue weighted by molar-refractivity contribution is -0.151. The third kappa shape index (κ3) is 2.77. The molecular weight excluding hydrogens is 320 g/mol. The zero-order valence-electron chi connectivity index (χ0n) is 11.9. The fraction of sp³-hybridized carbons (Fsp3) is 0.267. The Morgan fingerprint density at radius 2 is 2.00 bits per heavy atom. The second-order valence-electron chi connectivity index (χ2n) is 5.22. The number of carbonyl (C=O) groups is 3. The molecule has 3 rings (SSSR count). The molecule has 2 heterocycles. The largest absolute Gasteiger partial charge is 0.509 e. The van der Waals surface area contributed by atoms with Gasteiger partial charge in [0.15, 0.2) is 5.70 Å². The van der Waals surface area contributed by atoms with E-state index >= 15 is 0 Å². The van der Waals surface area contributed by atoms with Crippen LogP contribution in [0.25, 0.3) is 0 Å². The van der Waals surface area contributed by atoms with Gasteiger partial charge in [-0.05, 0) is 5.56 Å². The van der Waals surface area contributed by atoms with Crippen LogP contribution in [-0.2, 0) is 20.8 Å². The van der Waals surface area contributed by atoms with Gasteiger partial charge in [0.25, 0.3) is 5.91 Å². The van der Waals surface area contributed by atoms with E-state index in [1.807, 2.05) is 30.3 Å². The van der Waals surface area contributed by atoms with Gasteiger partial charge >= 0.3 is 5.97 Å². The summed E-state index contributed by atoms with van der Waals surface area (Å²) in [5.74, 6) is -2.41. The van der Waals surface area contributed by atoms with Crippen LogP contribution in [0.5, 0.6) is 0 Å². The fourth-order valence-corrected chi connectivity index (χ4v) is 3.81. The van der Waals surface area contributed by atoms with E-state index in [4.69, 9.17) is 5.11 Å². The van der Waals surface area contributed by atoms with Gasteiger partial charge in [-0.3, -0.25) is 14.5 Å². The van der Waals surface area contributed by atoms with Gasteiger partial charge in [0.1, 0.15) is 17.2 Å². The molecule has 7 nitrogen and oxygen atoms in total. The van der Waals surface area contributed by atoms with Crippen LogP contribution in [0.2, 0.25) is 0 Å². The molecule has 0 radical (unpaired) electrons. The molecule has 0 saturated carbocycles. The zero-order valence-corrected chi connectivity index (χ0v) is 12.7. The number of amides is 2. The SMILES string of the molecule is O=C(Cc1ccccc1)NC1C(=O)N2C(C(=O)O)=C(O)CS[C@@H]12. The summed E-state index contributed by atoms with van der Waals surface area (Å²) in [7, 11) is 0. The van der Waals surface area contributed by atoms with E-state index < -0.39 is 29.0 Å². The number of carboxylic acids is 1. The van der Waals surface area contributed by atoms with Crippen molar-refractivity contribution in [3.8, 4) is 0 Å². The Bertz CT molecular complexity index is 703. The average molecular weight is 334 g/mol. The molecule has 0 aliphatic carbocycles. The first-order valence-corrected chi connectivity index (χ1v) is 7.97. The summed E-state index contributed by atoms with van der Waals surface area (Å²) in [5, 5.41) is 20.9. The molecule has 120 valence electrons. The number of carboxylic acid groups (broad SMARTS) is 1. The predicted octanol–water partition coefficient (Wildman–Crippen LogP) is 0.483. The third-order valence-electron chi connectivity index (χ3n) is 3.67. The summed E-state index contributed by atoms with van der Waals surface area (Å²) < 4.78 is 0. The van der Waals surface area contributed by atoms with E-state index in [1.54, 1.807) is 0 Å². The number of hydrogen-bond donors (Lipinski definition) is 3. The van der Waals surface area contributed by atoms with Crippen molar-refractivity contribution in [2.24, 2.45) is 0 Å². The Labute approximate surface area is 136 Å². The summed E-state index contributed by atoms with van der Waals surface area (Å²) in [5.41, 5.74) is 0.431. The topological polar surface area (TPSA) is 107 Å². The fourth-order valence-electron chi connectivity index (χ4n) is 2.61. The van der Waals surface area contributed by atoms with Gasteiger partial charge in [0.05, 0.1) is 12.2 Å². The molecule has 1 aromatic carbocycles. The highest BCUT2D eigenvalue weighted by Gasteiger charge is 2.54. The van der Waals surface area contributed by atoms with Gasteiger partial charge in [-0.2, -0.15) is 0 Å². The minimum absolute atomic E-state index is 0.0983. The second kappa shape index (κ2) is 5.96. The van der Waals surface area contributed by atoms with E-state index in [9.17, 15) is 19.5 Å². The van der Waals surface area contributed by atoms with E-state index in [1.165, 1.54) is 11.8 Å². The summed E-state index contributed by atoms with van der Waals surface area (Å²) in [6.45, 7) is 0. The van der Waals surface area contributed by atoms with Crippen molar-refractivity contribution in [2.75, 3.05) is 5.75 Å². The molecule has 23 heavy (non-hydrogen) atoms. The molecule has 1 fully saturated rings. The summed E-state index contributed by atoms with van der Waals surface area (Å²) in [6, 6.07) is 8.35. The van der Waals surface area contributed by atoms with Crippen molar-refractivity contribution >= 4 is 29.5 Å². The van der Waals surface area contributed by atoms with Crippen molar-refractivity contribution in [1.29, 1.82) is 0 Å². The molecule has 3 N–H and O–H groups in total. The van der Waals surface area contributed by atoms with Gasteiger partial charge in [-0.25, -0.2) is 4.79 Å². The number of β-lactam (4-membered cyclic amide) rings is 1. The molecule has 1 aromatic rings. The average Bonchev–Trinajstić information content (AvgIpc) is 2.53. The van der Waals surface area contributed by atoms with Crippen LogP contribution in [0.15, 0.2) is 41.8 Å². The monoisotopic (exact) mass is 334 g/mol. The Balaban J connectivity index is 1.67. The van der Waals surface area contributed by atoms with Gasteiger partial charge in [0, 0.05) is 0 Å². The number of aliphatic carboxylic acids is 1. The van der Waals surface area contributed by atoms with Gasteiger partial charge in [0.2, 0.25) is 5.91 Å². The van der Waals surface area contributed by atoms with Gasteiger partial charge in [-0.1, -0.05) is 30.3 Å². The Morgan fingerprint density at radius 3 is 2.65 bits per heavy atom. The number of rotatable bonds is 4. The molecule has 0 spiro atoms. The smallest absolute Gasteiger partial charge is 0.356 e. The lowest BCUT2D eigenvalue weighted by Gasteiger charge is -2.48. The lowest BCUT2D eigenvalue weighted by Crippen LogP contribution is -2.70. The molecule has 2 amide bonds. The standard InChI is InChI=1S/C15H14N2O5S/c18-9-7-23-14-11(13(20)17(14)12(9)15(21)22)16-10(19)6-8-4-2-1-3-5-8/h1-5,11,14,18H,6-7H2,(H,16,19)(H,21,22)/t11?,14-/m0/s1. The molecule has 2 atom stereocenters. The van der Waals surface area contributed by atoms with E-state index in [-0.39, 0.29) is 23.8 Å². The number of fused-ring (bicyclic) bond motifs is 1. The second-order valence-corrected chi connectivity index (χ2v) is 6.32. The number of thioether (sulfide) groups is 1. The number of carbonyl (C=O) groups excluding carboxylic acids is 2. The van der Waals surface area contributed by atoms with E-state index in [0.717, 1.165) is 10.5 Å². The molecule has 8 heteroatoms. The predicted molar refractivity (Wildman–Crippen MR) is 82.5 cm³/mol. The highest BCUT2D eigenvalue weighted by molar-refractivity contribution is 8.00. The molecule has 2 aliphatic rings. The van der Waals surface area contributed by atoms with Crippen LogP contribution in [0.1, 0.15) is 5.56 Å². The molecule has 0 bridgehead atoms. The van der Waals surface area contributed by atoms with Crippen molar-refractivity contribution in [2.45, 2.75) is 17.8 Å². The first-order valence-electron chi connectivity index (χ1n) is 6.92. The zero-order chi connectivity index (χ0) is 16.6. The summed E-state index contributed by atoms with van der Waals surface area (Å²) in [4.78, 5) is 36.4. The van der Waals surface area contributed by atoms with E-state index in [0.29, 0.717) is 0 Å². The Kier molecular flexibility index (Phi) is 3.99. The first-order chi connectivity index (χ1) is 11.0. The van der Waals surface area contributed by atoms with Crippen LogP contribution < -0.4 is 5.32 Å². The highest BCUT2D eigenvalue weighted by Crippen LogP contribution is 2.39. The lowest BCUT2D eigenvalue weighted by atomic mass is 10.0. The molecule has 2 aliphatic heterocycles. The van der Waals surface area contributed by atoms with Gasteiger partial charge < -0.3 is 15.5 Å². The van der Waals surface area contributed by atoms with Crippen LogP contribution in [-0.4, -0.2) is 50.1 Å². The van der Waals surface area contributed by atoms with Gasteiger partial charge in [-0.15, -0.1) is 11.8 Å². The number of nitrogens with zero attached hydrogens (tertiary/aromatic N) is 1. The molecule has 0 aromatic heterocycles. The highest BCUT2D eigenvalue weighted by atomic mass is 32.2. The number of aliphatic hydroxyl groups excluding tert-OH is 1. The number of benzene rings is 1. The van der Waals surface area contributed by atoms with Crippen LogP contribution in [0.3, 0.4) is 0 Å². The number of aliphatic hydroxyl groups is 1. The Hall–Kier alpha value is -2.48. The van der Waals surface area contributed by atoms with Crippen molar-refractivity contribution in [3.05, 3.63) is 47.4 Å². The van der Waals surface area contributed by atoms with Crippen LogP contribution in [0, 0.1) is 0 Å². The minimum Gasteiger partial charge on any atom is -0.509 e. The van der Waals surface area contributed by atoms with E-state index in [2.05, 4.69) is 5.32 Å². The summed E-state index contributed by atoms with van der Waals surface area (Å²) >= 11 is 1.22. The normalized spacial score (nSPS) is 23.1. The number of nitrogens with one attached hydrogen (secondary N) is 1. The van der Waals surface area contributed by atoms with Crippen molar-refractivity contribution in [3.63, 3.8) is 0 Å². The Morgan fingerprint density at radius 1 is 1.30 bits per heavy atom. The third-order valence-corrected chi connectivity index (χ3v) is 4.94. The molecular formula is C15H14N2O5S. The first kappa shape index (κ1) is 15.4. The number of hydrogen-bond acceptors (Lipinski definition) is 5. The quantitative estimate of drug-likeness (QED) is 0.692. The summed E-state index contributed by atoms with van der Waals surface area (Å²) in [6.07, 6.45) is 0.148. The maximum Gasteiger partial charge on any atom is 0.356 e. The maximum absolute atomic E-state index is 12.1. The van der Waals surface area contributed by atoms with Crippen molar-refractivity contribution in [1.82, 2.24) is 10.2 Å². The maximum atomic E-state index is 12.1. The van der Waals surface area contributed by atoms with Crippen LogP contribution in [0.4, 0.5) is 0 Å². The van der Waals surface area contributed by atoms with Crippen molar-refractivity contribution < 1.29 is 24.6 Å².